The average molecular weight is 445 g/mol. The molecule has 0 fully saturated rings. The van der Waals surface area contributed by atoms with Crippen molar-refractivity contribution in [1.29, 1.82) is 0 Å². The van der Waals surface area contributed by atoms with Gasteiger partial charge in [0.25, 0.3) is 0 Å². The van der Waals surface area contributed by atoms with Crippen LogP contribution in [0.3, 0.4) is 0 Å². The molecule has 0 atom stereocenters. The Balaban J connectivity index is 1.89. The van der Waals surface area contributed by atoms with Crippen LogP contribution in [0.25, 0.3) is 27.7 Å². The fourth-order valence-corrected chi connectivity index (χ4v) is 4.31. The van der Waals surface area contributed by atoms with Crippen molar-refractivity contribution in [2.45, 2.75) is 32.5 Å². The average Bonchev–Trinajstić information content (AvgIpc) is 3.34. The molecule has 32 heavy (non-hydrogen) atoms. The summed E-state index contributed by atoms with van der Waals surface area (Å²) >= 11 is 0. The number of aryl methyl sites for hydroxylation is 1. The van der Waals surface area contributed by atoms with Gasteiger partial charge in [0.2, 0.25) is 0 Å². The molecule has 6 nitrogen and oxygen atoms in total. The molecule has 5 rings (SSSR count). The molecule has 0 saturated heterocycles. The molecule has 10 heteroatoms. The van der Waals surface area contributed by atoms with Crippen LogP contribution in [0.1, 0.15) is 31.1 Å². The number of ether oxygens (including phenoxy) is 1. The van der Waals surface area contributed by atoms with Gasteiger partial charge in [0.1, 0.15) is 17.3 Å². The summed E-state index contributed by atoms with van der Waals surface area (Å²) in [6.45, 7) is 5.40. The number of halogens is 4. The van der Waals surface area contributed by atoms with E-state index in [0.29, 0.717) is 22.7 Å². The van der Waals surface area contributed by atoms with Gasteiger partial charge in [-0.15, -0.1) is 10.2 Å². The summed E-state index contributed by atoms with van der Waals surface area (Å²) in [5.41, 5.74) is -0.403. The number of anilines is 1. The smallest absolute Gasteiger partial charge is 0.416 e. The highest BCUT2D eigenvalue weighted by Crippen LogP contribution is 2.49. The lowest BCUT2D eigenvalue weighted by Crippen LogP contribution is -2.36. The monoisotopic (exact) mass is 445 g/mol. The van der Waals surface area contributed by atoms with Crippen LogP contribution in [-0.2, 0) is 11.7 Å². The van der Waals surface area contributed by atoms with Gasteiger partial charge in [-0.3, -0.25) is 4.57 Å². The minimum Gasteiger partial charge on any atom is -0.494 e. The number of hydrogen-bond donors (Lipinski definition) is 2. The first kappa shape index (κ1) is 20.3. The van der Waals surface area contributed by atoms with Crippen LogP contribution in [0.2, 0.25) is 0 Å². The molecule has 0 radical (unpaired) electrons. The zero-order valence-corrected chi connectivity index (χ0v) is 17.6. The Morgan fingerprint density at radius 2 is 1.84 bits per heavy atom. The van der Waals surface area contributed by atoms with Gasteiger partial charge in [0.15, 0.2) is 11.6 Å². The zero-order chi connectivity index (χ0) is 23.0. The van der Waals surface area contributed by atoms with Crippen LogP contribution >= 0.6 is 0 Å². The van der Waals surface area contributed by atoms with Gasteiger partial charge >= 0.3 is 6.18 Å². The zero-order valence-electron chi connectivity index (χ0n) is 17.6. The molecule has 4 aromatic rings. The Hall–Kier alpha value is -3.56. The maximum Gasteiger partial charge on any atom is 0.416 e. The molecule has 0 bridgehead atoms. The van der Waals surface area contributed by atoms with Crippen molar-refractivity contribution in [3.8, 4) is 22.6 Å². The number of H-pyrrole nitrogens is 1. The highest BCUT2D eigenvalue weighted by molar-refractivity contribution is 5.99. The molecule has 2 N–H and O–H groups in total. The molecule has 0 amide bonds. The van der Waals surface area contributed by atoms with E-state index in [1.807, 2.05) is 13.8 Å². The summed E-state index contributed by atoms with van der Waals surface area (Å²) < 4.78 is 63.6. The SMILES string of the molecule is COc1c(-c2cc(C(F)(F)F)cc3[nH]ccc23)cc(F)c2c1-n1c(C)nnc1C(C)(C)N2. The Kier molecular flexibility index (Phi) is 4.12. The van der Waals surface area contributed by atoms with Crippen LogP contribution < -0.4 is 10.1 Å². The number of aromatic nitrogens is 4. The molecule has 0 aliphatic carbocycles. The van der Waals surface area contributed by atoms with Crippen molar-refractivity contribution < 1.29 is 22.3 Å². The molecule has 1 aliphatic rings. The lowest BCUT2D eigenvalue weighted by Gasteiger charge is -2.35. The second kappa shape index (κ2) is 6.47. The molecular weight excluding hydrogens is 426 g/mol. The quantitative estimate of drug-likeness (QED) is 0.397. The first-order chi connectivity index (χ1) is 15.0. The fraction of sp³-hybridized carbons (Fsp3) is 0.273. The summed E-state index contributed by atoms with van der Waals surface area (Å²) in [4.78, 5) is 2.82. The van der Waals surface area contributed by atoms with E-state index < -0.39 is 23.1 Å². The van der Waals surface area contributed by atoms with E-state index in [1.54, 1.807) is 23.8 Å². The minimum absolute atomic E-state index is 0.170. The second-order valence-electron chi connectivity index (χ2n) is 8.28. The van der Waals surface area contributed by atoms with Crippen molar-refractivity contribution in [2.24, 2.45) is 0 Å². The Morgan fingerprint density at radius 1 is 1.09 bits per heavy atom. The van der Waals surface area contributed by atoms with Gasteiger partial charge in [-0.05, 0) is 50.6 Å². The highest BCUT2D eigenvalue weighted by atomic mass is 19.4. The lowest BCUT2D eigenvalue weighted by molar-refractivity contribution is -0.137. The minimum atomic E-state index is -4.57. The number of benzene rings is 2. The third kappa shape index (κ3) is 2.78. The predicted octanol–water partition coefficient (Wildman–Crippen LogP) is 5.55. The largest absolute Gasteiger partial charge is 0.494 e. The van der Waals surface area contributed by atoms with Gasteiger partial charge in [-0.1, -0.05) is 0 Å². The molecule has 2 aromatic heterocycles. The standard InChI is InChI=1S/C22H19F4N5O/c1-10-29-30-20-21(2,3)28-17-15(23)9-14(19(32-4)18(17)31(10)20)13-7-11(22(24,25)26)8-16-12(13)5-6-27-16/h5-9,27-28H,1-4H3. The van der Waals surface area contributed by atoms with Crippen molar-refractivity contribution in [3.63, 3.8) is 0 Å². The Morgan fingerprint density at radius 3 is 2.53 bits per heavy atom. The van der Waals surface area contributed by atoms with Crippen LogP contribution in [0.5, 0.6) is 5.75 Å². The van der Waals surface area contributed by atoms with Gasteiger partial charge in [-0.2, -0.15) is 13.2 Å². The maximum atomic E-state index is 15.5. The van der Waals surface area contributed by atoms with E-state index in [-0.39, 0.29) is 28.1 Å². The fourth-order valence-electron chi connectivity index (χ4n) is 4.31. The van der Waals surface area contributed by atoms with E-state index in [2.05, 4.69) is 20.5 Å². The lowest BCUT2D eigenvalue weighted by atomic mass is 9.94. The van der Waals surface area contributed by atoms with E-state index >= 15 is 4.39 Å². The number of nitrogens with one attached hydrogen (secondary N) is 2. The summed E-state index contributed by atoms with van der Waals surface area (Å²) in [7, 11) is 1.40. The normalized spacial score (nSPS) is 14.8. The first-order valence-electron chi connectivity index (χ1n) is 9.83. The van der Waals surface area contributed by atoms with Crippen molar-refractivity contribution in [2.75, 3.05) is 12.4 Å². The number of hydrogen-bond acceptors (Lipinski definition) is 4. The van der Waals surface area contributed by atoms with Crippen LogP contribution in [-0.4, -0.2) is 26.9 Å². The van der Waals surface area contributed by atoms with E-state index in [0.717, 1.165) is 12.1 Å². The number of fused-ring (bicyclic) bond motifs is 4. The number of rotatable bonds is 2. The summed E-state index contributed by atoms with van der Waals surface area (Å²) in [6, 6.07) is 4.90. The van der Waals surface area contributed by atoms with E-state index in [1.165, 1.54) is 13.2 Å². The van der Waals surface area contributed by atoms with Crippen LogP contribution in [0.15, 0.2) is 30.5 Å². The Labute approximate surface area is 180 Å². The molecule has 2 aromatic carbocycles. The summed E-state index contributed by atoms with van der Waals surface area (Å²) in [5.74, 6) is 0.633. The van der Waals surface area contributed by atoms with Gasteiger partial charge in [0.05, 0.1) is 23.9 Å². The van der Waals surface area contributed by atoms with Crippen LogP contribution in [0, 0.1) is 12.7 Å². The third-order valence-electron chi connectivity index (χ3n) is 5.74. The molecule has 0 spiro atoms. The van der Waals surface area contributed by atoms with Gasteiger partial charge in [0, 0.05) is 22.7 Å². The number of aromatic amines is 1. The molecule has 1 aliphatic heterocycles. The van der Waals surface area contributed by atoms with Crippen molar-refractivity contribution in [3.05, 3.63) is 53.5 Å². The summed E-state index contributed by atoms with van der Waals surface area (Å²) in [6.07, 6.45) is -3.03. The topological polar surface area (TPSA) is 67.8 Å². The Bertz CT molecular complexity index is 1380. The summed E-state index contributed by atoms with van der Waals surface area (Å²) in [5, 5.41) is 12.0. The van der Waals surface area contributed by atoms with Crippen LogP contribution in [0.4, 0.5) is 23.2 Å². The molecule has 166 valence electrons. The number of alkyl halides is 3. The molecule has 0 saturated carbocycles. The van der Waals surface area contributed by atoms with Gasteiger partial charge < -0.3 is 15.0 Å². The second-order valence-corrected chi connectivity index (χ2v) is 8.28. The van der Waals surface area contributed by atoms with Gasteiger partial charge in [-0.25, -0.2) is 4.39 Å². The number of nitrogens with zero attached hydrogens (tertiary/aromatic N) is 3. The van der Waals surface area contributed by atoms with Crippen molar-refractivity contribution >= 4 is 16.6 Å². The van der Waals surface area contributed by atoms with E-state index in [9.17, 15) is 13.2 Å². The highest BCUT2D eigenvalue weighted by Gasteiger charge is 2.39. The third-order valence-corrected chi connectivity index (χ3v) is 5.74. The maximum absolute atomic E-state index is 15.5. The molecular formula is C22H19F4N5O. The molecule has 3 heterocycles. The number of methoxy groups -OCH3 is 1. The predicted molar refractivity (Wildman–Crippen MR) is 112 cm³/mol. The van der Waals surface area contributed by atoms with Crippen molar-refractivity contribution in [1.82, 2.24) is 19.7 Å². The van der Waals surface area contributed by atoms with E-state index in [4.69, 9.17) is 4.74 Å². The first-order valence-corrected chi connectivity index (χ1v) is 9.83. The molecule has 0 unspecified atom stereocenters.